The molecule has 6 heteroatoms. The van der Waals surface area contributed by atoms with Crippen LogP contribution >= 0.6 is 15.9 Å². The van der Waals surface area contributed by atoms with E-state index in [9.17, 15) is 4.79 Å². The smallest absolute Gasteiger partial charge is 0.283 e. The first-order chi connectivity index (χ1) is 8.10. The zero-order valence-corrected chi connectivity index (χ0v) is 12.0. The molecule has 0 amide bonds. The number of hydrogen-bond donors (Lipinski definition) is 2. The highest BCUT2D eigenvalue weighted by molar-refractivity contribution is 9.10. The summed E-state index contributed by atoms with van der Waals surface area (Å²) in [7, 11) is 1.93. The van der Waals surface area contributed by atoms with Gasteiger partial charge in [-0.3, -0.25) is 4.79 Å². The van der Waals surface area contributed by atoms with Crippen LogP contribution in [-0.2, 0) is 6.54 Å². The molecule has 1 aromatic rings. The van der Waals surface area contributed by atoms with Crippen LogP contribution in [0.4, 0.5) is 5.69 Å². The quantitative estimate of drug-likeness (QED) is 0.831. The molecule has 0 spiro atoms. The number of nitrogens with one attached hydrogen (secondary N) is 2. The van der Waals surface area contributed by atoms with E-state index in [1.165, 1.54) is 4.68 Å². The van der Waals surface area contributed by atoms with Crippen molar-refractivity contribution in [2.75, 3.05) is 25.5 Å². The van der Waals surface area contributed by atoms with E-state index >= 15 is 0 Å². The van der Waals surface area contributed by atoms with Gasteiger partial charge in [-0.2, -0.15) is 5.10 Å². The van der Waals surface area contributed by atoms with Crippen LogP contribution in [0.15, 0.2) is 15.5 Å². The molecule has 1 rings (SSSR count). The van der Waals surface area contributed by atoms with E-state index < -0.39 is 0 Å². The van der Waals surface area contributed by atoms with Gasteiger partial charge in [0.15, 0.2) is 0 Å². The Morgan fingerprint density at radius 2 is 2.24 bits per heavy atom. The summed E-state index contributed by atoms with van der Waals surface area (Å²) in [5.41, 5.74) is 0.654. The van der Waals surface area contributed by atoms with Crippen molar-refractivity contribution >= 4 is 21.6 Å². The fourth-order valence-corrected chi connectivity index (χ4v) is 1.97. The minimum absolute atomic E-state index is 0.0984. The summed E-state index contributed by atoms with van der Waals surface area (Å²) in [5.74, 6) is 0.487. The Hall–Kier alpha value is -0.880. The number of aryl methyl sites for hydroxylation is 1. The molecule has 1 atom stereocenters. The van der Waals surface area contributed by atoms with Crippen LogP contribution in [0.3, 0.4) is 0 Å². The Kier molecular flexibility index (Phi) is 5.64. The lowest BCUT2D eigenvalue weighted by Gasteiger charge is -2.14. The van der Waals surface area contributed by atoms with Crippen LogP contribution in [0.25, 0.3) is 0 Å². The summed E-state index contributed by atoms with van der Waals surface area (Å²) in [6, 6.07) is 0. The molecule has 1 aromatic heterocycles. The van der Waals surface area contributed by atoms with Crippen molar-refractivity contribution in [1.29, 1.82) is 0 Å². The van der Waals surface area contributed by atoms with Gasteiger partial charge in [0.2, 0.25) is 0 Å². The lowest BCUT2D eigenvalue weighted by molar-refractivity contribution is 0.567. The Bertz CT molecular complexity index is 418. The number of hydrogen-bond acceptors (Lipinski definition) is 4. The predicted octanol–water partition coefficient (Wildman–Crippen LogP) is 1.29. The second-order valence-corrected chi connectivity index (χ2v) is 4.83. The molecule has 0 saturated heterocycles. The van der Waals surface area contributed by atoms with Gasteiger partial charge >= 0.3 is 0 Å². The van der Waals surface area contributed by atoms with Gasteiger partial charge in [-0.1, -0.05) is 6.92 Å². The zero-order valence-electron chi connectivity index (χ0n) is 10.5. The van der Waals surface area contributed by atoms with Gasteiger partial charge in [0.05, 0.1) is 11.9 Å². The highest BCUT2D eigenvalue weighted by Gasteiger charge is 2.08. The summed E-state index contributed by atoms with van der Waals surface area (Å²) in [6.07, 6.45) is 1.68. The standard InChI is InChI=1S/C11H19BrN4O/c1-4-16-11(17)10(12)9(7-15-16)14-6-8(2)5-13-3/h7-8,13-14H,4-6H2,1-3H3. The number of aromatic nitrogens is 2. The maximum Gasteiger partial charge on any atom is 0.283 e. The number of nitrogens with zero attached hydrogens (tertiary/aromatic N) is 2. The Morgan fingerprint density at radius 1 is 1.53 bits per heavy atom. The molecule has 0 aromatic carbocycles. The van der Waals surface area contributed by atoms with Gasteiger partial charge in [-0.05, 0) is 42.4 Å². The lowest BCUT2D eigenvalue weighted by atomic mass is 10.2. The van der Waals surface area contributed by atoms with Crippen molar-refractivity contribution < 1.29 is 0 Å². The molecule has 0 aliphatic rings. The first-order valence-corrected chi connectivity index (χ1v) is 6.53. The Balaban J connectivity index is 2.73. The lowest BCUT2D eigenvalue weighted by Crippen LogP contribution is -2.26. The molecule has 1 unspecified atom stereocenters. The van der Waals surface area contributed by atoms with Crippen molar-refractivity contribution in [2.24, 2.45) is 5.92 Å². The normalized spacial score (nSPS) is 12.5. The molecule has 5 nitrogen and oxygen atoms in total. The summed E-state index contributed by atoms with van der Waals surface area (Å²) in [5, 5.41) is 10.4. The summed E-state index contributed by atoms with van der Waals surface area (Å²) in [6.45, 7) is 6.34. The molecule has 0 aliphatic carbocycles. The van der Waals surface area contributed by atoms with E-state index in [0.717, 1.165) is 18.8 Å². The van der Waals surface area contributed by atoms with Crippen molar-refractivity contribution in [3.8, 4) is 0 Å². The van der Waals surface area contributed by atoms with E-state index in [1.54, 1.807) is 6.20 Å². The van der Waals surface area contributed by atoms with Crippen molar-refractivity contribution in [2.45, 2.75) is 20.4 Å². The van der Waals surface area contributed by atoms with Crippen LogP contribution in [0, 0.1) is 5.92 Å². The first kappa shape index (κ1) is 14.2. The van der Waals surface area contributed by atoms with Gasteiger partial charge in [0.25, 0.3) is 5.56 Å². The summed E-state index contributed by atoms with van der Waals surface area (Å²) < 4.78 is 1.97. The molecule has 96 valence electrons. The highest BCUT2D eigenvalue weighted by atomic mass is 79.9. The molecular formula is C11H19BrN4O. The van der Waals surface area contributed by atoms with E-state index in [0.29, 0.717) is 16.9 Å². The average molecular weight is 303 g/mol. The third-order valence-corrected chi connectivity index (χ3v) is 3.24. The predicted molar refractivity (Wildman–Crippen MR) is 73.5 cm³/mol. The molecule has 1 heterocycles. The van der Waals surface area contributed by atoms with Gasteiger partial charge in [0, 0.05) is 13.1 Å². The van der Waals surface area contributed by atoms with Crippen LogP contribution in [0.5, 0.6) is 0 Å². The van der Waals surface area contributed by atoms with Crippen LogP contribution < -0.4 is 16.2 Å². The van der Waals surface area contributed by atoms with Crippen LogP contribution in [-0.4, -0.2) is 29.9 Å². The molecular weight excluding hydrogens is 284 g/mol. The minimum Gasteiger partial charge on any atom is -0.382 e. The van der Waals surface area contributed by atoms with E-state index in [2.05, 4.69) is 38.6 Å². The summed E-state index contributed by atoms with van der Waals surface area (Å²) in [4.78, 5) is 11.8. The minimum atomic E-state index is -0.0984. The fourth-order valence-electron chi connectivity index (χ4n) is 1.52. The number of halogens is 1. The van der Waals surface area contributed by atoms with Gasteiger partial charge in [0.1, 0.15) is 4.47 Å². The molecule has 0 radical (unpaired) electrons. The van der Waals surface area contributed by atoms with E-state index in [4.69, 9.17) is 0 Å². The fraction of sp³-hybridized carbons (Fsp3) is 0.636. The second-order valence-electron chi connectivity index (χ2n) is 4.04. The first-order valence-electron chi connectivity index (χ1n) is 5.74. The van der Waals surface area contributed by atoms with Crippen molar-refractivity contribution in [3.63, 3.8) is 0 Å². The van der Waals surface area contributed by atoms with Crippen molar-refractivity contribution in [1.82, 2.24) is 15.1 Å². The maximum atomic E-state index is 11.8. The largest absolute Gasteiger partial charge is 0.382 e. The van der Waals surface area contributed by atoms with Gasteiger partial charge < -0.3 is 10.6 Å². The van der Waals surface area contributed by atoms with Crippen LogP contribution in [0.2, 0.25) is 0 Å². The summed E-state index contributed by atoms with van der Waals surface area (Å²) >= 11 is 3.31. The second kappa shape index (κ2) is 6.76. The Morgan fingerprint density at radius 3 is 2.82 bits per heavy atom. The molecule has 17 heavy (non-hydrogen) atoms. The van der Waals surface area contributed by atoms with E-state index in [-0.39, 0.29) is 5.56 Å². The number of rotatable bonds is 6. The van der Waals surface area contributed by atoms with Crippen LogP contribution in [0.1, 0.15) is 13.8 Å². The third-order valence-electron chi connectivity index (χ3n) is 2.48. The highest BCUT2D eigenvalue weighted by Crippen LogP contribution is 2.16. The zero-order chi connectivity index (χ0) is 12.8. The monoisotopic (exact) mass is 302 g/mol. The SMILES string of the molecule is CCn1ncc(NCC(C)CNC)c(Br)c1=O. The Labute approximate surface area is 110 Å². The molecule has 0 fully saturated rings. The average Bonchev–Trinajstić information content (AvgIpc) is 2.31. The van der Waals surface area contributed by atoms with E-state index in [1.807, 2.05) is 14.0 Å². The van der Waals surface area contributed by atoms with Gasteiger partial charge in [-0.25, -0.2) is 4.68 Å². The van der Waals surface area contributed by atoms with Crippen molar-refractivity contribution in [3.05, 3.63) is 21.0 Å². The number of anilines is 1. The van der Waals surface area contributed by atoms with Gasteiger partial charge in [-0.15, -0.1) is 0 Å². The molecule has 0 aliphatic heterocycles. The maximum absolute atomic E-state index is 11.8. The third kappa shape index (κ3) is 3.81. The topological polar surface area (TPSA) is 59.0 Å². The molecule has 0 bridgehead atoms. The molecule has 2 N–H and O–H groups in total. The molecule has 0 saturated carbocycles.